The summed E-state index contributed by atoms with van der Waals surface area (Å²) in [6.45, 7) is 13.2. The first kappa shape index (κ1) is 29.1. The van der Waals surface area contributed by atoms with Crippen LogP contribution in [0, 0.1) is 0 Å². The molecule has 2 aromatic rings. The van der Waals surface area contributed by atoms with Crippen LogP contribution in [0.3, 0.4) is 0 Å². The lowest BCUT2D eigenvalue weighted by Crippen LogP contribution is -2.59. The van der Waals surface area contributed by atoms with Crippen LogP contribution < -0.4 is 15.4 Å². The molecule has 0 saturated heterocycles. The van der Waals surface area contributed by atoms with E-state index in [0.717, 1.165) is 41.7 Å². The monoisotopic (exact) mass is 524 g/mol. The van der Waals surface area contributed by atoms with E-state index >= 15 is 0 Å². The topological polar surface area (TPSA) is 67.4 Å². The number of thioether (sulfide) groups is 1. The molecule has 0 atom stereocenters. The van der Waals surface area contributed by atoms with Crippen molar-refractivity contribution in [2.45, 2.75) is 101 Å². The first-order chi connectivity index (χ1) is 17.3. The molecule has 202 valence electrons. The maximum Gasteiger partial charge on any atom is 0.252 e. The Morgan fingerprint density at radius 2 is 1.46 bits per heavy atom. The minimum absolute atomic E-state index is 0.102. The van der Waals surface area contributed by atoms with Gasteiger partial charge < -0.3 is 15.4 Å². The quantitative estimate of drug-likeness (QED) is 0.393. The van der Waals surface area contributed by atoms with Gasteiger partial charge in [-0.1, -0.05) is 72.9 Å². The van der Waals surface area contributed by atoms with Crippen LogP contribution >= 0.6 is 11.8 Å². The van der Waals surface area contributed by atoms with Gasteiger partial charge in [0.1, 0.15) is 11.3 Å². The number of amides is 2. The molecule has 1 aliphatic rings. The fraction of sp³-hybridized carbons (Fsp3) is 0.548. The zero-order chi connectivity index (χ0) is 27.4. The second-order valence-corrected chi connectivity index (χ2v) is 13.1. The fourth-order valence-corrected chi connectivity index (χ4v) is 5.45. The Morgan fingerprint density at radius 3 is 1.92 bits per heavy atom. The molecule has 1 fully saturated rings. The molecule has 1 saturated carbocycles. The van der Waals surface area contributed by atoms with Gasteiger partial charge in [0, 0.05) is 28.1 Å². The Bertz CT molecular complexity index is 1070. The van der Waals surface area contributed by atoms with E-state index in [1.165, 1.54) is 4.90 Å². The third-order valence-electron chi connectivity index (χ3n) is 7.28. The summed E-state index contributed by atoms with van der Waals surface area (Å²) in [7, 11) is 1.69. The number of rotatable bonds is 7. The Morgan fingerprint density at radius 1 is 0.919 bits per heavy atom. The molecule has 0 aromatic heterocycles. The van der Waals surface area contributed by atoms with Crippen molar-refractivity contribution in [1.82, 2.24) is 10.6 Å². The number of nitrogens with one attached hydrogen (secondary N) is 2. The number of methoxy groups -OCH3 is 1. The van der Waals surface area contributed by atoms with Gasteiger partial charge in [-0.25, -0.2) is 0 Å². The molecule has 37 heavy (non-hydrogen) atoms. The first-order valence-electron chi connectivity index (χ1n) is 13.3. The standard InChI is InChI=1S/C31H44N2O3S/c1-29(2,3)24-18-22(19-25(26(24)36-7)30(4,5)6)27(34)33-31(16-10-9-11-17-31)28(35)32-20-21-12-14-23(37-8)15-13-21/h12-15,18-19H,9-11,16-17,20H2,1-8H3,(H,32,35)(H,33,34). The summed E-state index contributed by atoms with van der Waals surface area (Å²) in [5.41, 5.74) is 2.26. The van der Waals surface area contributed by atoms with E-state index in [0.29, 0.717) is 24.9 Å². The third kappa shape index (κ3) is 6.90. The molecular formula is C31H44N2O3S. The molecule has 0 spiro atoms. The summed E-state index contributed by atoms with van der Waals surface area (Å²) >= 11 is 1.69. The molecule has 0 aliphatic heterocycles. The summed E-state index contributed by atoms with van der Waals surface area (Å²) in [5.74, 6) is 0.518. The maximum absolute atomic E-state index is 13.8. The predicted octanol–water partition coefficient (Wildman–Crippen LogP) is 6.76. The second-order valence-electron chi connectivity index (χ2n) is 12.2. The SMILES string of the molecule is COc1c(C(C)(C)C)cc(C(=O)NC2(C(=O)NCc3ccc(SC)cc3)CCCCC2)cc1C(C)(C)C. The summed E-state index contributed by atoms with van der Waals surface area (Å²) in [4.78, 5) is 28.6. The lowest BCUT2D eigenvalue weighted by molar-refractivity contribution is -0.128. The Labute approximate surface area is 227 Å². The highest BCUT2D eigenvalue weighted by Gasteiger charge is 2.41. The Hall–Kier alpha value is -2.47. The summed E-state index contributed by atoms with van der Waals surface area (Å²) in [6.07, 6.45) is 6.24. The van der Waals surface area contributed by atoms with Crippen molar-refractivity contribution < 1.29 is 14.3 Å². The van der Waals surface area contributed by atoms with Crippen LogP contribution in [0.4, 0.5) is 0 Å². The van der Waals surface area contributed by atoms with E-state index in [1.54, 1.807) is 18.9 Å². The maximum atomic E-state index is 13.8. The molecule has 1 aliphatic carbocycles. The molecule has 0 bridgehead atoms. The first-order valence-corrected chi connectivity index (χ1v) is 14.5. The van der Waals surface area contributed by atoms with Gasteiger partial charge in [0.05, 0.1) is 7.11 Å². The molecule has 6 heteroatoms. The van der Waals surface area contributed by atoms with Crippen molar-refractivity contribution in [3.8, 4) is 5.75 Å². The van der Waals surface area contributed by atoms with Crippen LogP contribution in [0.25, 0.3) is 0 Å². The smallest absolute Gasteiger partial charge is 0.252 e. The summed E-state index contributed by atoms with van der Waals surface area (Å²) in [6, 6.07) is 12.1. The number of hydrogen-bond acceptors (Lipinski definition) is 4. The zero-order valence-corrected chi connectivity index (χ0v) is 24.7. The molecule has 0 unspecified atom stereocenters. The van der Waals surface area contributed by atoms with Gasteiger partial charge in [0.25, 0.3) is 5.91 Å². The highest BCUT2D eigenvalue weighted by atomic mass is 32.2. The molecule has 2 N–H and O–H groups in total. The van der Waals surface area contributed by atoms with E-state index in [9.17, 15) is 9.59 Å². The third-order valence-corrected chi connectivity index (χ3v) is 8.02. The van der Waals surface area contributed by atoms with Crippen molar-refractivity contribution in [3.63, 3.8) is 0 Å². The lowest BCUT2D eigenvalue weighted by Gasteiger charge is -2.37. The molecule has 0 heterocycles. The van der Waals surface area contributed by atoms with Crippen LogP contribution in [0.15, 0.2) is 41.3 Å². The average molecular weight is 525 g/mol. The summed E-state index contributed by atoms with van der Waals surface area (Å²) < 4.78 is 5.86. The largest absolute Gasteiger partial charge is 0.496 e. The fourth-order valence-electron chi connectivity index (χ4n) is 5.04. The highest BCUT2D eigenvalue weighted by molar-refractivity contribution is 7.98. The number of carbonyl (C=O) groups is 2. The number of carbonyl (C=O) groups excluding carboxylic acids is 2. The highest BCUT2D eigenvalue weighted by Crippen LogP contribution is 2.41. The van der Waals surface area contributed by atoms with Gasteiger partial charge in [-0.2, -0.15) is 0 Å². The van der Waals surface area contributed by atoms with Crippen LogP contribution in [0.1, 0.15) is 101 Å². The van der Waals surface area contributed by atoms with Crippen LogP contribution in [0.5, 0.6) is 5.75 Å². The van der Waals surface area contributed by atoms with Crippen molar-refractivity contribution in [3.05, 3.63) is 58.7 Å². The minimum Gasteiger partial charge on any atom is -0.496 e. The molecule has 2 amide bonds. The van der Waals surface area contributed by atoms with E-state index in [2.05, 4.69) is 64.3 Å². The van der Waals surface area contributed by atoms with E-state index in [4.69, 9.17) is 4.74 Å². The van der Waals surface area contributed by atoms with Gasteiger partial charge in [-0.15, -0.1) is 11.8 Å². The van der Waals surface area contributed by atoms with Crippen LogP contribution in [-0.2, 0) is 22.2 Å². The molecule has 3 rings (SSSR count). The number of hydrogen-bond donors (Lipinski definition) is 2. The Kier molecular flexibility index (Phi) is 9.05. The van der Waals surface area contributed by atoms with Gasteiger partial charge in [-0.05, 0) is 59.8 Å². The van der Waals surface area contributed by atoms with Crippen molar-refractivity contribution in [1.29, 1.82) is 0 Å². The summed E-state index contributed by atoms with van der Waals surface area (Å²) in [5, 5.41) is 6.32. The molecule has 0 radical (unpaired) electrons. The normalized spacial score (nSPS) is 15.7. The Balaban J connectivity index is 1.91. The van der Waals surface area contributed by atoms with Gasteiger partial charge in [0.2, 0.25) is 5.91 Å². The minimum atomic E-state index is -0.905. The van der Waals surface area contributed by atoms with Crippen molar-refractivity contribution >= 4 is 23.6 Å². The molecular weight excluding hydrogens is 480 g/mol. The number of ether oxygens (including phenoxy) is 1. The van der Waals surface area contributed by atoms with E-state index in [-0.39, 0.29) is 22.6 Å². The van der Waals surface area contributed by atoms with Crippen molar-refractivity contribution in [2.24, 2.45) is 0 Å². The zero-order valence-electron chi connectivity index (χ0n) is 23.8. The second kappa shape index (κ2) is 11.5. The lowest BCUT2D eigenvalue weighted by atomic mass is 9.77. The van der Waals surface area contributed by atoms with E-state index in [1.807, 2.05) is 30.5 Å². The van der Waals surface area contributed by atoms with Crippen molar-refractivity contribution in [2.75, 3.05) is 13.4 Å². The van der Waals surface area contributed by atoms with Crippen LogP contribution in [-0.4, -0.2) is 30.7 Å². The molecule has 5 nitrogen and oxygen atoms in total. The van der Waals surface area contributed by atoms with Gasteiger partial charge in [-0.3, -0.25) is 9.59 Å². The molecule has 2 aromatic carbocycles. The van der Waals surface area contributed by atoms with Crippen LogP contribution in [0.2, 0.25) is 0 Å². The van der Waals surface area contributed by atoms with Gasteiger partial charge in [0.15, 0.2) is 0 Å². The van der Waals surface area contributed by atoms with E-state index < -0.39 is 5.54 Å². The number of benzene rings is 2. The predicted molar refractivity (Wildman–Crippen MR) is 154 cm³/mol. The average Bonchev–Trinajstić information content (AvgIpc) is 2.86. The van der Waals surface area contributed by atoms with Gasteiger partial charge >= 0.3 is 0 Å².